The number of halogens is 1. The fourth-order valence-corrected chi connectivity index (χ4v) is 3.50. The van der Waals surface area contributed by atoms with Gasteiger partial charge < -0.3 is 14.2 Å². The van der Waals surface area contributed by atoms with Crippen LogP contribution in [0.5, 0.6) is 0 Å². The Hall–Kier alpha value is -4.16. The first-order valence-electron chi connectivity index (χ1n) is 10.2. The van der Waals surface area contributed by atoms with Gasteiger partial charge in [-0.2, -0.15) is 4.98 Å². The van der Waals surface area contributed by atoms with Gasteiger partial charge in [0.15, 0.2) is 11.2 Å². The summed E-state index contributed by atoms with van der Waals surface area (Å²) in [7, 11) is 0. The molecular formula is C26H18ClN3O3. The van der Waals surface area contributed by atoms with Crippen LogP contribution in [0.4, 0.5) is 5.69 Å². The number of hydrogen-bond donors (Lipinski definition) is 1. The van der Waals surface area contributed by atoms with Gasteiger partial charge in [0.1, 0.15) is 11.5 Å². The predicted molar refractivity (Wildman–Crippen MR) is 129 cm³/mol. The van der Waals surface area contributed by atoms with Crippen LogP contribution in [0.25, 0.3) is 40.1 Å². The van der Waals surface area contributed by atoms with E-state index in [1.165, 1.54) is 6.08 Å². The summed E-state index contributed by atoms with van der Waals surface area (Å²) in [4.78, 5) is 21.0. The second-order valence-electron chi connectivity index (χ2n) is 7.41. The minimum absolute atomic E-state index is 0.263. The third-order valence-corrected chi connectivity index (χ3v) is 5.30. The Morgan fingerprint density at radius 1 is 1.00 bits per heavy atom. The van der Waals surface area contributed by atoms with E-state index < -0.39 is 0 Å². The van der Waals surface area contributed by atoms with Crippen LogP contribution in [-0.2, 0) is 4.79 Å². The molecule has 0 aliphatic rings. The Morgan fingerprint density at radius 3 is 2.61 bits per heavy atom. The molecule has 0 fully saturated rings. The molecule has 0 saturated heterocycles. The second kappa shape index (κ2) is 8.76. The molecule has 0 unspecified atom stereocenters. The first-order valence-corrected chi connectivity index (χ1v) is 10.6. The van der Waals surface area contributed by atoms with Crippen molar-refractivity contribution >= 4 is 40.5 Å². The summed E-state index contributed by atoms with van der Waals surface area (Å²) in [6.45, 7) is 1.91. The van der Waals surface area contributed by atoms with Gasteiger partial charge >= 0.3 is 0 Å². The lowest BCUT2D eigenvalue weighted by Gasteiger charge is -2.07. The highest BCUT2D eigenvalue weighted by molar-refractivity contribution is 6.30. The Labute approximate surface area is 194 Å². The molecule has 0 bridgehead atoms. The van der Waals surface area contributed by atoms with Crippen LogP contribution in [0.3, 0.4) is 0 Å². The molecular weight excluding hydrogens is 438 g/mol. The number of nitrogens with zero attached hydrogens (tertiary/aromatic N) is 2. The highest BCUT2D eigenvalue weighted by Gasteiger charge is 2.11. The van der Waals surface area contributed by atoms with E-state index in [1.807, 2.05) is 55.5 Å². The van der Waals surface area contributed by atoms with Crippen LogP contribution in [0.15, 0.2) is 87.8 Å². The first-order chi connectivity index (χ1) is 16.0. The van der Waals surface area contributed by atoms with E-state index in [9.17, 15) is 4.79 Å². The minimum atomic E-state index is -0.263. The SMILES string of the molecule is Cc1cc(-c2nc3ncccc3o2)ccc1NC(=O)/C=C/c1ccc(-c2ccc(Cl)cc2)o1. The summed E-state index contributed by atoms with van der Waals surface area (Å²) >= 11 is 5.93. The summed E-state index contributed by atoms with van der Waals surface area (Å²) in [6, 6.07) is 20.2. The van der Waals surface area contributed by atoms with Crippen molar-refractivity contribution in [3.63, 3.8) is 0 Å². The van der Waals surface area contributed by atoms with Crippen molar-refractivity contribution in [2.75, 3.05) is 5.32 Å². The number of benzene rings is 2. The molecule has 0 aliphatic carbocycles. The van der Waals surface area contributed by atoms with E-state index in [0.29, 0.717) is 39.4 Å². The van der Waals surface area contributed by atoms with Crippen LogP contribution in [0.2, 0.25) is 5.02 Å². The van der Waals surface area contributed by atoms with Gasteiger partial charge in [-0.15, -0.1) is 0 Å². The zero-order chi connectivity index (χ0) is 22.8. The van der Waals surface area contributed by atoms with E-state index >= 15 is 0 Å². The molecule has 0 aliphatic heterocycles. The number of hydrogen-bond acceptors (Lipinski definition) is 5. The number of rotatable bonds is 5. The second-order valence-corrected chi connectivity index (χ2v) is 7.84. The minimum Gasteiger partial charge on any atom is -0.457 e. The lowest BCUT2D eigenvalue weighted by atomic mass is 10.1. The van der Waals surface area contributed by atoms with Gasteiger partial charge in [0, 0.05) is 34.1 Å². The van der Waals surface area contributed by atoms with Gasteiger partial charge in [-0.3, -0.25) is 4.79 Å². The number of anilines is 1. The lowest BCUT2D eigenvalue weighted by molar-refractivity contribution is -0.111. The average Bonchev–Trinajstić information content (AvgIpc) is 3.47. The molecule has 0 radical (unpaired) electrons. The number of fused-ring (bicyclic) bond motifs is 1. The normalized spacial score (nSPS) is 11.3. The Bertz CT molecular complexity index is 1450. The van der Waals surface area contributed by atoms with Crippen LogP contribution in [0, 0.1) is 6.92 Å². The van der Waals surface area contributed by atoms with Gasteiger partial charge in [-0.25, -0.2) is 4.98 Å². The highest BCUT2D eigenvalue weighted by atomic mass is 35.5. The van der Waals surface area contributed by atoms with E-state index in [1.54, 1.807) is 30.5 Å². The van der Waals surface area contributed by atoms with Crippen molar-refractivity contribution < 1.29 is 13.6 Å². The van der Waals surface area contributed by atoms with Crippen molar-refractivity contribution in [3.8, 4) is 22.8 Å². The molecule has 1 amide bonds. The number of nitrogens with one attached hydrogen (secondary N) is 1. The zero-order valence-corrected chi connectivity index (χ0v) is 18.3. The fraction of sp³-hybridized carbons (Fsp3) is 0.0385. The number of carbonyl (C=O) groups is 1. The number of aromatic nitrogens is 2. The third-order valence-electron chi connectivity index (χ3n) is 5.05. The van der Waals surface area contributed by atoms with Crippen LogP contribution in [0.1, 0.15) is 11.3 Å². The molecule has 3 heterocycles. The van der Waals surface area contributed by atoms with Crippen molar-refractivity contribution in [2.24, 2.45) is 0 Å². The Morgan fingerprint density at radius 2 is 1.82 bits per heavy atom. The van der Waals surface area contributed by atoms with Crippen LogP contribution in [-0.4, -0.2) is 15.9 Å². The molecule has 5 rings (SSSR count). The Balaban J connectivity index is 1.27. The monoisotopic (exact) mass is 455 g/mol. The molecule has 33 heavy (non-hydrogen) atoms. The molecule has 0 saturated carbocycles. The number of furan rings is 1. The van der Waals surface area contributed by atoms with Crippen LogP contribution >= 0.6 is 11.6 Å². The summed E-state index contributed by atoms with van der Waals surface area (Å²) in [5, 5.41) is 3.55. The van der Waals surface area contributed by atoms with E-state index in [2.05, 4.69) is 15.3 Å². The number of amides is 1. The zero-order valence-electron chi connectivity index (χ0n) is 17.6. The summed E-state index contributed by atoms with van der Waals surface area (Å²) in [6.07, 6.45) is 4.74. The predicted octanol–water partition coefficient (Wildman–Crippen LogP) is 6.76. The molecule has 162 valence electrons. The Kier molecular flexibility index (Phi) is 5.50. The maximum absolute atomic E-state index is 12.4. The molecule has 2 aromatic carbocycles. The highest BCUT2D eigenvalue weighted by Crippen LogP contribution is 2.27. The third kappa shape index (κ3) is 4.56. The summed E-state index contributed by atoms with van der Waals surface area (Å²) < 4.78 is 11.6. The van der Waals surface area contributed by atoms with Crippen molar-refractivity contribution in [2.45, 2.75) is 6.92 Å². The van der Waals surface area contributed by atoms with E-state index in [-0.39, 0.29) is 5.91 Å². The maximum Gasteiger partial charge on any atom is 0.248 e. The van der Waals surface area contributed by atoms with Crippen molar-refractivity contribution in [1.29, 1.82) is 0 Å². The molecule has 6 nitrogen and oxygen atoms in total. The standard InChI is InChI=1S/C26H18ClN3O3/c1-16-15-18(26-30-25-23(33-26)3-2-14-28-25)6-11-21(16)29-24(31)13-10-20-9-12-22(32-20)17-4-7-19(27)8-5-17/h2-15H,1H3,(H,29,31)/b13-10+. The molecule has 0 spiro atoms. The van der Waals surface area contributed by atoms with E-state index in [4.69, 9.17) is 20.4 Å². The molecule has 1 N–H and O–H groups in total. The van der Waals surface area contributed by atoms with Crippen LogP contribution < -0.4 is 5.32 Å². The smallest absolute Gasteiger partial charge is 0.248 e. The van der Waals surface area contributed by atoms with Gasteiger partial charge in [-0.05, 0) is 85.3 Å². The lowest BCUT2D eigenvalue weighted by Crippen LogP contribution is -2.08. The molecule has 0 atom stereocenters. The van der Waals surface area contributed by atoms with Gasteiger partial charge in [0.05, 0.1) is 0 Å². The van der Waals surface area contributed by atoms with Gasteiger partial charge in [0.25, 0.3) is 0 Å². The maximum atomic E-state index is 12.4. The largest absolute Gasteiger partial charge is 0.457 e. The number of aryl methyl sites for hydroxylation is 1. The van der Waals surface area contributed by atoms with Gasteiger partial charge in [0.2, 0.25) is 11.8 Å². The molecule has 3 aromatic heterocycles. The van der Waals surface area contributed by atoms with E-state index in [0.717, 1.165) is 16.7 Å². The van der Waals surface area contributed by atoms with Crippen molar-refractivity contribution in [3.05, 3.63) is 95.3 Å². The summed E-state index contributed by atoms with van der Waals surface area (Å²) in [5.41, 5.74) is 4.49. The van der Waals surface area contributed by atoms with Crippen molar-refractivity contribution in [1.82, 2.24) is 9.97 Å². The molecule has 5 aromatic rings. The number of carbonyl (C=O) groups excluding carboxylic acids is 1. The fourth-order valence-electron chi connectivity index (χ4n) is 3.37. The number of oxazole rings is 1. The quantitative estimate of drug-likeness (QED) is 0.296. The number of pyridine rings is 1. The average molecular weight is 456 g/mol. The summed E-state index contributed by atoms with van der Waals surface area (Å²) in [5.74, 6) is 1.50. The topological polar surface area (TPSA) is 81.2 Å². The molecule has 7 heteroatoms. The van der Waals surface area contributed by atoms with Gasteiger partial charge in [-0.1, -0.05) is 11.6 Å². The first kappa shape index (κ1) is 20.7.